The van der Waals surface area contributed by atoms with Gasteiger partial charge in [0, 0.05) is 27.4 Å². The van der Waals surface area contributed by atoms with Crippen LogP contribution in [0.4, 0.5) is 0 Å². The second-order valence-corrected chi connectivity index (χ2v) is 7.37. The lowest BCUT2D eigenvalue weighted by atomic mass is 9.84. The first-order valence-electron chi connectivity index (χ1n) is 8.44. The third-order valence-electron chi connectivity index (χ3n) is 5.42. The Hall–Kier alpha value is -2.24. The van der Waals surface area contributed by atoms with Gasteiger partial charge in [-0.1, -0.05) is 0 Å². The monoisotopic (exact) mass is 341 g/mol. The third-order valence-corrected chi connectivity index (χ3v) is 5.42. The van der Waals surface area contributed by atoms with Gasteiger partial charge in [0.15, 0.2) is 0 Å². The highest BCUT2D eigenvalue weighted by molar-refractivity contribution is 6.11. The van der Waals surface area contributed by atoms with Crippen LogP contribution in [0.25, 0.3) is 21.8 Å². The van der Waals surface area contributed by atoms with Crippen molar-refractivity contribution in [2.45, 2.75) is 45.5 Å². The number of nitrogens with one attached hydrogen (secondary N) is 1. The summed E-state index contributed by atoms with van der Waals surface area (Å²) in [6.45, 7) is 7.53. The van der Waals surface area contributed by atoms with E-state index in [0.29, 0.717) is 11.3 Å². The molecule has 25 heavy (non-hydrogen) atoms. The van der Waals surface area contributed by atoms with Gasteiger partial charge in [0.1, 0.15) is 29.3 Å². The normalized spacial score (nSPS) is 22.0. The van der Waals surface area contributed by atoms with E-state index in [2.05, 4.69) is 4.98 Å². The Morgan fingerprint density at radius 3 is 2.56 bits per heavy atom. The summed E-state index contributed by atoms with van der Waals surface area (Å²) in [6.07, 6.45) is -1.97. The molecule has 0 bridgehead atoms. The van der Waals surface area contributed by atoms with E-state index in [4.69, 9.17) is 9.47 Å². The van der Waals surface area contributed by atoms with Crippen LogP contribution >= 0.6 is 0 Å². The number of hydrogen-bond donors (Lipinski definition) is 3. The predicted molar refractivity (Wildman–Crippen MR) is 97.5 cm³/mol. The molecule has 1 aliphatic rings. The van der Waals surface area contributed by atoms with Gasteiger partial charge in [-0.2, -0.15) is 0 Å². The average Bonchev–Trinajstić information content (AvgIpc) is 2.96. The summed E-state index contributed by atoms with van der Waals surface area (Å²) in [5.74, 6) is 1.45. The van der Waals surface area contributed by atoms with Crippen molar-refractivity contribution >= 4 is 21.8 Å². The van der Waals surface area contributed by atoms with Crippen LogP contribution in [0.3, 0.4) is 0 Å². The van der Waals surface area contributed by atoms with Crippen LogP contribution < -0.4 is 9.47 Å². The molecule has 3 N–H and O–H groups in total. The standard InChI is InChI=1S/C20H23NO4/c1-9-15-17(22)19(23)20(3,4)25-18(15)10(2)14-12-8-11(24-5)6-7-13(12)21-16(9)14/h6-8,17,19,21-23H,1-5H3/t17-,19-/m1/s1. The fourth-order valence-corrected chi connectivity index (χ4v) is 3.94. The number of methoxy groups -OCH3 is 1. The zero-order valence-corrected chi connectivity index (χ0v) is 15.1. The lowest BCUT2D eigenvalue weighted by Gasteiger charge is -2.41. The summed E-state index contributed by atoms with van der Waals surface area (Å²) in [6, 6.07) is 5.91. The Bertz CT molecular complexity index is 1000. The summed E-state index contributed by atoms with van der Waals surface area (Å²) >= 11 is 0. The zero-order valence-electron chi connectivity index (χ0n) is 15.1. The Kier molecular flexibility index (Phi) is 3.33. The lowest BCUT2D eigenvalue weighted by molar-refractivity contribution is -0.112. The number of rotatable bonds is 1. The number of aromatic amines is 1. The summed E-state index contributed by atoms with van der Waals surface area (Å²) in [7, 11) is 1.65. The number of aromatic nitrogens is 1. The van der Waals surface area contributed by atoms with E-state index in [1.165, 1.54) is 0 Å². The lowest BCUT2D eigenvalue weighted by Crippen LogP contribution is -2.49. The van der Waals surface area contributed by atoms with Crippen molar-refractivity contribution in [3.05, 3.63) is 34.9 Å². The number of hydrogen-bond acceptors (Lipinski definition) is 4. The highest BCUT2D eigenvalue weighted by Gasteiger charge is 2.44. The van der Waals surface area contributed by atoms with Gasteiger partial charge in [-0.3, -0.25) is 0 Å². The minimum atomic E-state index is -0.986. The highest BCUT2D eigenvalue weighted by Crippen LogP contribution is 2.48. The molecule has 3 aromatic rings. The zero-order chi connectivity index (χ0) is 18.1. The molecule has 0 saturated heterocycles. The van der Waals surface area contributed by atoms with Gasteiger partial charge >= 0.3 is 0 Å². The van der Waals surface area contributed by atoms with Gasteiger partial charge in [0.2, 0.25) is 0 Å². The SMILES string of the molecule is COc1ccc2[nH]c3c(C)c4c(c(C)c3c2c1)OC(C)(C)[C@H](O)[C@@H]4O. The molecule has 0 spiro atoms. The molecule has 1 aliphatic heterocycles. The van der Waals surface area contributed by atoms with Crippen molar-refractivity contribution in [2.75, 3.05) is 7.11 Å². The van der Waals surface area contributed by atoms with Gasteiger partial charge in [0.05, 0.1) is 12.6 Å². The van der Waals surface area contributed by atoms with Crippen molar-refractivity contribution in [1.29, 1.82) is 0 Å². The number of H-pyrrole nitrogens is 1. The molecular weight excluding hydrogens is 318 g/mol. The van der Waals surface area contributed by atoms with Gasteiger partial charge in [-0.05, 0) is 51.5 Å². The number of benzene rings is 2. The minimum Gasteiger partial charge on any atom is -0.497 e. The largest absolute Gasteiger partial charge is 0.497 e. The van der Waals surface area contributed by atoms with Crippen molar-refractivity contribution in [1.82, 2.24) is 4.98 Å². The number of fused-ring (bicyclic) bond motifs is 4. The molecule has 2 heterocycles. The number of ether oxygens (including phenoxy) is 2. The van der Waals surface area contributed by atoms with Crippen LogP contribution in [0.1, 0.15) is 36.6 Å². The van der Waals surface area contributed by atoms with Crippen LogP contribution in [0, 0.1) is 13.8 Å². The molecule has 0 fully saturated rings. The predicted octanol–water partition coefficient (Wildman–Crippen LogP) is 3.51. The molecule has 0 aliphatic carbocycles. The van der Waals surface area contributed by atoms with Gasteiger partial charge in [-0.25, -0.2) is 0 Å². The molecule has 2 atom stereocenters. The molecule has 1 aromatic heterocycles. The van der Waals surface area contributed by atoms with E-state index in [1.54, 1.807) is 21.0 Å². The molecule has 2 aromatic carbocycles. The second kappa shape index (κ2) is 5.13. The average molecular weight is 341 g/mol. The molecule has 132 valence electrons. The maximum atomic E-state index is 10.7. The second-order valence-electron chi connectivity index (χ2n) is 7.37. The molecule has 4 rings (SSSR count). The Labute approximate surface area is 146 Å². The van der Waals surface area contributed by atoms with E-state index >= 15 is 0 Å². The molecule has 0 radical (unpaired) electrons. The molecule has 5 heteroatoms. The summed E-state index contributed by atoms with van der Waals surface area (Å²) in [5.41, 5.74) is 3.60. The summed E-state index contributed by atoms with van der Waals surface area (Å²) in [4.78, 5) is 3.44. The van der Waals surface area contributed by atoms with Crippen LogP contribution in [-0.2, 0) is 0 Å². The van der Waals surface area contributed by atoms with Gasteiger partial charge < -0.3 is 24.7 Å². The topological polar surface area (TPSA) is 74.7 Å². The third kappa shape index (κ3) is 2.09. The molecule has 0 amide bonds. The minimum absolute atomic E-state index is 0.662. The Morgan fingerprint density at radius 1 is 1.16 bits per heavy atom. The maximum Gasteiger partial charge on any atom is 0.132 e. The first kappa shape index (κ1) is 16.2. The van der Waals surface area contributed by atoms with Gasteiger partial charge in [-0.15, -0.1) is 0 Å². The van der Waals surface area contributed by atoms with E-state index in [0.717, 1.165) is 38.7 Å². The van der Waals surface area contributed by atoms with Crippen molar-refractivity contribution in [2.24, 2.45) is 0 Å². The maximum absolute atomic E-state index is 10.7. The van der Waals surface area contributed by atoms with Crippen molar-refractivity contribution < 1.29 is 19.7 Å². The first-order chi connectivity index (χ1) is 11.8. The van der Waals surface area contributed by atoms with Crippen LogP contribution in [0.15, 0.2) is 18.2 Å². The summed E-state index contributed by atoms with van der Waals surface area (Å²) < 4.78 is 11.5. The van der Waals surface area contributed by atoms with Crippen LogP contribution in [0.2, 0.25) is 0 Å². The molecule has 0 saturated carbocycles. The number of aryl methyl sites for hydroxylation is 2. The molecular formula is C20H23NO4. The highest BCUT2D eigenvalue weighted by atomic mass is 16.5. The van der Waals surface area contributed by atoms with E-state index in [-0.39, 0.29) is 0 Å². The smallest absolute Gasteiger partial charge is 0.132 e. The first-order valence-corrected chi connectivity index (χ1v) is 8.44. The fourth-order valence-electron chi connectivity index (χ4n) is 3.94. The number of aliphatic hydroxyl groups excluding tert-OH is 2. The number of aliphatic hydroxyl groups is 2. The van der Waals surface area contributed by atoms with E-state index < -0.39 is 17.8 Å². The van der Waals surface area contributed by atoms with Crippen LogP contribution in [-0.4, -0.2) is 34.0 Å². The van der Waals surface area contributed by atoms with Gasteiger partial charge in [0.25, 0.3) is 0 Å². The van der Waals surface area contributed by atoms with E-state index in [1.807, 2.05) is 32.0 Å². The van der Waals surface area contributed by atoms with E-state index in [9.17, 15) is 10.2 Å². The Balaban J connectivity index is 2.13. The quantitative estimate of drug-likeness (QED) is 0.633. The molecule has 5 nitrogen and oxygen atoms in total. The van der Waals surface area contributed by atoms with Crippen LogP contribution in [0.5, 0.6) is 11.5 Å². The summed E-state index contributed by atoms with van der Waals surface area (Å²) in [5, 5.41) is 23.3. The molecule has 0 unspecified atom stereocenters. The Morgan fingerprint density at radius 2 is 1.88 bits per heavy atom. The van der Waals surface area contributed by atoms with Crippen molar-refractivity contribution in [3.63, 3.8) is 0 Å². The fraction of sp³-hybridized carbons (Fsp3) is 0.400. The van der Waals surface area contributed by atoms with Crippen molar-refractivity contribution in [3.8, 4) is 11.5 Å².